The van der Waals surface area contributed by atoms with Crippen molar-refractivity contribution in [2.24, 2.45) is 0 Å². The molecule has 6 heteroatoms. The van der Waals surface area contributed by atoms with Crippen LogP contribution in [0.3, 0.4) is 0 Å². The number of aromatic nitrogens is 1. The van der Waals surface area contributed by atoms with Gasteiger partial charge in [0.1, 0.15) is 5.82 Å². The molecular formula is C12H12FIN2OS. The van der Waals surface area contributed by atoms with Gasteiger partial charge in [0.05, 0.1) is 11.2 Å². The third kappa shape index (κ3) is 2.49. The van der Waals surface area contributed by atoms with E-state index in [1.807, 2.05) is 10.0 Å². The van der Waals surface area contributed by atoms with Crippen LogP contribution in [-0.2, 0) is 11.2 Å². The summed E-state index contributed by atoms with van der Waals surface area (Å²) in [4.78, 5) is 11.0. The molecule has 1 aromatic carbocycles. The molecule has 1 N–H and O–H groups in total. The molecule has 0 unspecified atom stereocenters. The maximum atomic E-state index is 13.8. The summed E-state index contributed by atoms with van der Waals surface area (Å²) in [5.74, 6) is -0.680. The van der Waals surface area contributed by atoms with Gasteiger partial charge in [-0.05, 0) is 24.6 Å². The molecule has 1 aromatic heterocycles. The smallest absolute Gasteiger partial charge is 0.221 e. The standard InChI is InChI=1S/C12H12FIN2OS/c1-3-9-4-8-5-10(13)11(15-7(2)17)6-12(8)16(9)18-14/h4-6H,3H2,1-2H3,(H,15,17). The van der Waals surface area contributed by atoms with Gasteiger partial charge in [0.2, 0.25) is 5.91 Å². The molecule has 96 valence electrons. The van der Waals surface area contributed by atoms with Crippen molar-refractivity contribution in [2.75, 3.05) is 5.32 Å². The van der Waals surface area contributed by atoms with Gasteiger partial charge in [-0.3, -0.25) is 8.77 Å². The summed E-state index contributed by atoms with van der Waals surface area (Å²) < 4.78 is 15.8. The maximum Gasteiger partial charge on any atom is 0.221 e. The highest BCUT2D eigenvalue weighted by atomic mass is 127. The van der Waals surface area contributed by atoms with Gasteiger partial charge in [0, 0.05) is 48.3 Å². The van der Waals surface area contributed by atoms with Crippen LogP contribution in [-0.4, -0.2) is 9.88 Å². The van der Waals surface area contributed by atoms with Crippen molar-refractivity contribution in [2.45, 2.75) is 20.3 Å². The number of nitrogens with zero attached hydrogens (tertiary/aromatic N) is 1. The van der Waals surface area contributed by atoms with Crippen molar-refractivity contribution in [3.8, 4) is 0 Å². The summed E-state index contributed by atoms with van der Waals surface area (Å²) in [5.41, 5.74) is 2.27. The number of hydrogen-bond donors (Lipinski definition) is 1. The maximum absolute atomic E-state index is 13.8. The number of amides is 1. The predicted molar refractivity (Wildman–Crippen MR) is 82.6 cm³/mol. The number of hydrogen-bond acceptors (Lipinski definition) is 2. The van der Waals surface area contributed by atoms with Crippen molar-refractivity contribution >= 4 is 52.8 Å². The minimum absolute atomic E-state index is 0.224. The Kier molecular flexibility index (Phi) is 4.16. The Bertz CT molecular complexity index is 612. The van der Waals surface area contributed by atoms with Gasteiger partial charge >= 0.3 is 0 Å². The molecule has 0 aliphatic rings. The van der Waals surface area contributed by atoms with Crippen LogP contribution >= 0.6 is 30.3 Å². The van der Waals surface area contributed by atoms with E-state index in [0.717, 1.165) is 23.0 Å². The predicted octanol–water partition coefficient (Wildman–Crippen LogP) is 4.15. The topological polar surface area (TPSA) is 34.0 Å². The molecule has 2 rings (SSSR count). The Labute approximate surface area is 121 Å². The summed E-state index contributed by atoms with van der Waals surface area (Å²) >= 11 is 2.19. The van der Waals surface area contributed by atoms with Crippen molar-refractivity contribution < 1.29 is 9.18 Å². The number of halogens is 2. The number of carbonyl (C=O) groups is 1. The number of benzene rings is 1. The van der Waals surface area contributed by atoms with Gasteiger partial charge in [0.15, 0.2) is 0 Å². The van der Waals surface area contributed by atoms with Crippen LogP contribution in [0.5, 0.6) is 0 Å². The first-order chi connectivity index (χ1) is 8.56. The van der Waals surface area contributed by atoms with Gasteiger partial charge in [0.25, 0.3) is 0 Å². The molecular weight excluding hydrogens is 366 g/mol. The number of rotatable bonds is 3. The summed E-state index contributed by atoms with van der Waals surface area (Å²) in [6.07, 6.45) is 0.877. The monoisotopic (exact) mass is 378 g/mol. The number of nitrogens with one attached hydrogen (secondary N) is 1. The first kappa shape index (κ1) is 13.7. The normalized spacial score (nSPS) is 10.9. The molecule has 1 heterocycles. The molecule has 3 nitrogen and oxygen atoms in total. The minimum Gasteiger partial charge on any atom is -0.324 e. The lowest BCUT2D eigenvalue weighted by Gasteiger charge is -2.06. The molecule has 1 amide bonds. The molecule has 0 saturated carbocycles. The van der Waals surface area contributed by atoms with E-state index in [1.54, 1.807) is 15.2 Å². The van der Waals surface area contributed by atoms with E-state index in [0.29, 0.717) is 0 Å². The lowest BCUT2D eigenvalue weighted by molar-refractivity contribution is -0.114. The molecule has 0 radical (unpaired) electrons. The van der Waals surface area contributed by atoms with Crippen LogP contribution in [0.2, 0.25) is 0 Å². The van der Waals surface area contributed by atoms with E-state index in [1.165, 1.54) is 13.0 Å². The summed E-state index contributed by atoms with van der Waals surface area (Å²) in [6.45, 7) is 3.43. The quantitative estimate of drug-likeness (QED) is 0.815. The number of carbonyl (C=O) groups excluding carboxylic acids is 1. The first-order valence-electron chi connectivity index (χ1n) is 5.47. The molecule has 0 bridgehead atoms. The van der Waals surface area contributed by atoms with E-state index >= 15 is 0 Å². The molecule has 0 fully saturated rings. The Hall–Kier alpha value is -0.760. The first-order valence-corrected chi connectivity index (χ1v) is 8.79. The third-order valence-electron chi connectivity index (χ3n) is 2.66. The Morgan fingerprint density at radius 1 is 1.50 bits per heavy atom. The highest BCUT2D eigenvalue weighted by molar-refractivity contribution is 14.2. The van der Waals surface area contributed by atoms with E-state index in [9.17, 15) is 9.18 Å². The summed E-state index contributed by atoms with van der Waals surface area (Å²) in [6, 6.07) is 5.11. The van der Waals surface area contributed by atoms with Crippen LogP contribution in [0.4, 0.5) is 10.1 Å². The Morgan fingerprint density at radius 3 is 2.78 bits per heavy atom. The number of fused-ring (bicyclic) bond motifs is 1. The van der Waals surface area contributed by atoms with Gasteiger partial charge in [-0.25, -0.2) is 4.39 Å². The fraction of sp³-hybridized carbons (Fsp3) is 0.250. The van der Waals surface area contributed by atoms with E-state index in [-0.39, 0.29) is 11.6 Å². The molecule has 18 heavy (non-hydrogen) atoms. The van der Waals surface area contributed by atoms with Crippen molar-refractivity contribution in [1.29, 1.82) is 0 Å². The SMILES string of the molecule is CCc1cc2cc(F)c(NC(C)=O)cc2n1SI. The van der Waals surface area contributed by atoms with Crippen LogP contribution in [0.1, 0.15) is 19.5 Å². The average molecular weight is 378 g/mol. The molecule has 2 aromatic rings. The van der Waals surface area contributed by atoms with Crippen LogP contribution in [0.15, 0.2) is 18.2 Å². The zero-order chi connectivity index (χ0) is 13.3. The van der Waals surface area contributed by atoms with Crippen LogP contribution in [0.25, 0.3) is 10.9 Å². The highest BCUT2D eigenvalue weighted by Crippen LogP contribution is 2.32. The molecule has 0 saturated heterocycles. The lowest BCUT2D eigenvalue weighted by Crippen LogP contribution is -2.07. The second kappa shape index (κ2) is 5.48. The van der Waals surface area contributed by atoms with Gasteiger partial charge in [-0.1, -0.05) is 6.92 Å². The minimum atomic E-state index is -0.407. The third-order valence-corrected chi connectivity index (χ3v) is 4.41. The van der Waals surface area contributed by atoms with Crippen LogP contribution < -0.4 is 5.32 Å². The summed E-state index contributed by atoms with van der Waals surface area (Å²) in [5, 5.41) is 3.35. The number of aryl methyl sites for hydroxylation is 1. The van der Waals surface area contributed by atoms with Crippen molar-refractivity contribution in [1.82, 2.24) is 3.97 Å². The van der Waals surface area contributed by atoms with Crippen molar-refractivity contribution in [3.05, 3.63) is 29.7 Å². The Morgan fingerprint density at radius 2 is 2.22 bits per heavy atom. The van der Waals surface area contributed by atoms with Crippen molar-refractivity contribution in [3.63, 3.8) is 0 Å². The second-order valence-corrected chi connectivity index (χ2v) is 5.61. The molecule has 0 atom stereocenters. The van der Waals surface area contributed by atoms with E-state index in [4.69, 9.17) is 0 Å². The number of anilines is 1. The zero-order valence-electron chi connectivity index (χ0n) is 9.96. The Balaban J connectivity index is 2.63. The second-order valence-electron chi connectivity index (χ2n) is 3.92. The fourth-order valence-electron chi connectivity index (χ4n) is 1.87. The molecule has 0 aliphatic heterocycles. The van der Waals surface area contributed by atoms with Gasteiger partial charge in [-0.2, -0.15) is 0 Å². The summed E-state index contributed by atoms with van der Waals surface area (Å²) in [7, 11) is 1.54. The van der Waals surface area contributed by atoms with E-state index in [2.05, 4.69) is 33.4 Å². The highest BCUT2D eigenvalue weighted by Gasteiger charge is 2.12. The fourth-order valence-corrected chi connectivity index (χ4v) is 3.77. The molecule has 0 spiro atoms. The zero-order valence-corrected chi connectivity index (χ0v) is 12.9. The van der Waals surface area contributed by atoms with Crippen LogP contribution in [0, 0.1) is 5.82 Å². The largest absolute Gasteiger partial charge is 0.324 e. The lowest BCUT2D eigenvalue weighted by atomic mass is 10.2. The van der Waals surface area contributed by atoms with E-state index < -0.39 is 5.82 Å². The van der Waals surface area contributed by atoms with Gasteiger partial charge in [-0.15, -0.1) is 0 Å². The average Bonchev–Trinajstić information content (AvgIpc) is 2.65. The van der Waals surface area contributed by atoms with Gasteiger partial charge < -0.3 is 5.32 Å². The molecule has 0 aliphatic carbocycles.